The molecule has 0 aromatic heterocycles. The molecule has 0 aliphatic rings. The second-order valence-electron chi connectivity index (χ2n) is 5.74. The molecule has 3 aromatic carbocycles. The monoisotopic (exact) mass is 338 g/mol. The van der Waals surface area contributed by atoms with Gasteiger partial charge in [-0.15, -0.1) is 0 Å². The molecular formula is C20H18O5. The summed E-state index contributed by atoms with van der Waals surface area (Å²) in [7, 11) is 0. The average Bonchev–Trinajstić information content (AvgIpc) is 2.59. The van der Waals surface area contributed by atoms with Gasteiger partial charge in [-0.2, -0.15) is 0 Å². The number of aromatic hydroxyl groups is 1. The fourth-order valence-electron chi connectivity index (χ4n) is 2.60. The highest BCUT2D eigenvalue weighted by atomic mass is 16.7. The summed E-state index contributed by atoms with van der Waals surface area (Å²) in [5.41, 5.74) is 0.910. The van der Waals surface area contributed by atoms with E-state index in [9.17, 15) is 15.0 Å². The Balaban J connectivity index is 1.93. The molecular weight excluding hydrogens is 320 g/mol. The fourth-order valence-corrected chi connectivity index (χ4v) is 2.60. The topological polar surface area (TPSA) is 76.0 Å². The maximum Gasteiger partial charge on any atom is 0.339 e. The van der Waals surface area contributed by atoms with E-state index in [2.05, 4.69) is 0 Å². The van der Waals surface area contributed by atoms with E-state index in [1.165, 1.54) is 6.07 Å². The molecule has 0 saturated heterocycles. The van der Waals surface area contributed by atoms with Gasteiger partial charge < -0.3 is 19.7 Å². The number of ether oxygens (including phenoxy) is 2. The van der Waals surface area contributed by atoms with Crippen molar-refractivity contribution < 1.29 is 24.5 Å². The summed E-state index contributed by atoms with van der Waals surface area (Å²) in [6, 6.07) is 15.8. The van der Waals surface area contributed by atoms with Crippen LogP contribution < -0.4 is 9.47 Å². The van der Waals surface area contributed by atoms with Crippen molar-refractivity contribution in [1.29, 1.82) is 0 Å². The van der Waals surface area contributed by atoms with Crippen molar-refractivity contribution >= 4 is 16.7 Å². The van der Waals surface area contributed by atoms with Crippen molar-refractivity contribution in [3.8, 4) is 17.2 Å². The van der Waals surface area contributed by atoms with E-state index in [0.717, 1.165) is 5.56 Å². The predicted octanol–water partition coefficient (Wildman–Crippen LogP) is 4.36. The molecule has 2 N–H and O–H groups in total. The van der Waals surface area contributed by atoms with E-state index in [1.807, 2.05) is 31.2 Å². The highest BCUT2D eigenvalue weighted by molar-refractivity contribution is 6.03. The molecule has 5 nitrogen and oxygen atoms in total. The number of aryl methyl sites for hydroxylation is 1. The Hall–Kier alpha value is -3.21. The van der Waals surface area contributed by atoms with Gasteiger partial charge in [-0.25, -0.2) is 4.79 Å². The first-order chi connectivity index (χ1) is 12.0. The minimum atomic E-state index is -1.22. The SMILES string of the molecule is Cc1ccc(OC(C)Oc2cc(C(=O)O)c(O)c3ccccc23)cc1. The summed E-state index contributed by atoms with van der Waals surface area (Å²) in [6.45, 7) is 3.71. The summed E-state index contributed by atoms with van der Waals surface area (Å²) in [6.07, 6.45) is -0.641. The molecule has 5 heteroatoms. The first-order valence-electron chi connectivity index (χ1n) is 7.83. The van der Waals surface area contributed by atoms with Crippen molar-refractivity contribution in [2.24, 2.45) is 0 Å². The Morgan fingerprint density at radius 2 is 1.64 bits per heavy atom. The first kappa shape index (κ1) is 16.6. The minimum absolute atomic E-state index is 0.212. The van der Waals surface area contributed by atoms with Gasteiger partial charge in [0.1, 0.15) is 22.8 Å². The molecule has 0 amide bonds. The molecule has 1 atom stereocenters. The van der Waals surface area contributed by atoms with Crippen molar-refractivity contribution in [1.82, 2.24) is 0 Å². The summed E-state index contributed by atoms with van der Waals surface area (Å²) < 4.78 is 11.5. The van der Waals surface area contributed by atoms with E-state index in [0.29, 0.717) is 22.3 Å². The number of aromatic carboxylic acids is 1. The molecule has 0 heterocycles. The van der Waals surface area contributed by atoms with Gasteiger partial charge in [-0.1, -0.05) is 42.0 Å². The number of hydrogen-bond acceptors (Lipinski definition) is 4. The number of rotatable bonds is 5. The lowest BCUT2D eigenvalue weighted by atomic mass is 10.0. The molecule has 0 saturated carbocycles. The summed E-state index contributed by atoms with van der Waals surface area (Å²) in [5.74, 6) is -0.507. The molecule has 0 spiro atoms. The van der Waals surface area contributed by atoms with Gasteiger partial charge in [0.05, 0.1) is 0 Å². The summed E-state index contributed by atoms with van der Waals surface area (Å²) >= 11 is 0. The quantitative estimate of drug-likeness (QED) is 0.676. The largest absolute Gasteiger partial charge is 0.506 e. The zero-order valence-corrected chi connectivity index (χ0v) is 13.9. The highest BCUT2D eigenvalue weighted by Gasteiger charge is 2.18. The third-order valence-electron chi connectivity index (χ3n) is 3.82. The highest BCUT2D eigenvalue weighted by Crippen LogP contribution is 2.36. The van der Waals surface area contributed by atoms with Crippen LogP contribution in [0.4, 0.5) is 0 Å². The number of phenols is 1. The summed E-state index contributed by atoms with van der Waals surface area (Å²) in [5, 5.41) is 20.5. The Morgan fingerprint density at radius 3 is 2.28 bits per heavy atom. The van der Waals surface area contributed by atoms with E-state index in [1.54, 1.807) is 31.2 Å². The van der Waals surface area contributed by atoms with Crippen LogP contribution in [0.15, 0.2) is 54.6 Å². The molecule has 0 fully saturated rings. The van der Waals surface area contributed by atoms with Gasteiger partial charge >= 0.3 is 5.97 Å². The summed E-state index contributed by atoms with van der Waals surface area (Å²) in [4.78, 5) is 11.4. The normalized spacial score (nSPS) is 11.9. The van der Waals surface area contributed by atoms with Crippen LogP contribution in [-0.2, 0) is 0 Å². The Bertz CT molecular complexity index is 915. The number of carboxylic acid groups (broad SMARTS) is 1. The Morgan fingerprint density at radius 1 is 1.00 bits per heavy atom. The van der Waals surface area contributed by atoms with Crippen molar-refractivity contribution in [2.45, 2.75) is 20.1 Å². The van der Waals surface area contributed by atoms with Gasteiger partial charge in [0.15, 0.2) is 0 Å². The maximum absolute atomic E-state index is 11.4. The van der Waals surface area contributed by atoms with Crippen molar-refractivity contribution in [3.63, 3.8) is 0 Å². The van der Waals surface area contributed by atoms with Gasteiger partial charge in [0, 0.05) is 17.7 Å². The van der Waals surface area contributed by atoms with Crippen LogP contribution in [0.1, 0.15) is 22.8 Å². The maximum atomic E-state index is 11.4. The molecule has 128 valence electrons. The second kappa shape index (κ2) is 6.73. The van der Waals surface area contributed by atoms with E-state index in [4.69, 9.17) is 9.47 Å². The minimum Gasteiger partial charge on any atom is -0.506 e. The van der Waals surface area contributed by atoms with E-state index in [-0.39, 0.29) is 11.3 Å². The molecule has 25 heavy (non-hydrogen) atoms. The Labute approximate surface area is 145 Å². The molecule has 0 bridgehead atoms. The smallest absolute Gasteiger partial charge is 0.339 e. The lowest BCUT2D eigenvalue weighted by molar-refractivity contribution is 0.0233. The molecule has 1 unspecified atom stereocenters. The van der Waals surface area contributed by atoms with Crippen LogP contribution in [-0.4, -0.2) is 22.5 Å². The van der Waals surface area contributed by atoms with Crippen LogP contribution in [0, 0.1) is 6.92 Å². The number of carbonyl (C=O) groups is 1. The van der Waals surface area contributed by atoms with Gasteiger partial charge in [0.25, 0.3) is 0 Å². The zero-order valence-electron chi connectivity index (χ0n) is 13.9. The molecule has 0 aliphatic carbocycles. The fraction of sp³-hybridized carbons (Fsp3) is 0.150. The average molecular weight is 338 g/mol. The third-order valence-corrected chi connectivity index (χ3v) is 3.82. The van der Waals surface area contributed by atoms with Gasteiger partial charge in [-0.05, 0) is 25.1 Å². The number of carboxylic acids is 1. The van der Waals surface area contributed by atoms with E-state index < -0.39 is 12.3 Å². The number of hydrogen-bond donors (Lipinski definition) is 2. The second-order valence-corrected chi connectivity index (χ2v) is 5.74. The number of benzene rings is 3. The van der Waals surface area contributed by atoms with Crippen LogP contribution in [0.2, 0.25) is 0 Å². The molecule has 3 aromatic rings. The van der Waals surface area contributed by atoms with Crippen LogP contribution >= 0.6 is 0 Å². The Kier molecular flexibility index (Phi) is 4.48. The molecule has 3 rings (SSSR count). The van der Waals surface area contributed by atoms with Crippen molar-refractivity contribution in [3.05, 3.63) is 65.7 Å². The van der Waals surface area contributed by atoms with Gasteiger partial charge in [0.2, 0.25) is 6.29 Å². The van der Waals surface area contributed by atoms with Crippen LogP contribution in [0.25, 0.3) is 10.8 Å². The standard InChI is InChI=1S/C20H18O5/c1-12-7-9-14(10-8-12)24-13(2)25-18-11-17(20(22)23)19(21)16-6-4-3-5-15(16)18/h3-11,13,21H,1-2H3,(H,22,23). The number of fused-ring (bicyclic) bond motifs is 1. The molecule has 0 aliphatic heterocycles. The zero-order chi connectivity index (χ0) is 18.0. The first-order valence-corrected chi connectivity index (χ1v) is 7.83. The van der Waals surface area contributed by atoms with E-state index >= 15 is 0 Å². The van der Waals surface area contributed by atoms with Crippen LogP contribution in [0.3, 0.4) is 0 Å². The van der Waals surface area contributed by atoms with Gasteiger partial charge in [-0.3, -0.25) is 0 Å². The predicted molar refractivity (Wildman–Crippen MR) is 94.5 cm³/mol. The van der Waals surface area contributed by atoms with Crippen molar-refractivity contribution in [2.75, 3.05) is 0 Å². The molecule has 0 radical (unpaired) electrons. The third kappa shape index (κ3) is 3.50. The lowest BCUT2D eigenvalue weighted by Gasteiger charge is -2.19. The lowest BCUT2D eigenvalue weighted by Crippen LogP contribution is -2.20. The van der Waals surface area contributed by atoms with Crippen LogP contribution in [0.5, 0.6) is 17.2 Å².